The highest BCUT2D eigenvalue weighted by Gasteiger charge is 2.19. The molecule has 3 N–H and O–H groups in total. The van der Waals surface area contributed by atoms with Crippen molar-refractivity contribution in [2.24, 2.45) is 0 Å². The van der Waals surface area contributed by atoms with Crippen LogP contribution in [0.15, 0.2) is 48.6 Å². The lowest BCUT2D eigenvalue weighted by Crippen LogP contribution is -2.45. The van der Waals surface area contributed by atoms with E-state index in [1.54, 1.807) is 0 Å². The first-order chi connectivity index (χ1) is 22.7. The van der Waals surface area contributed by atoms with Crippen molar-refractivity contribution in [3.8, 4) is 0 Å². The first kappa shape index (κ1) is 44.4. The van der Waals surface area contributed by atoms with E-state index in [0.717, 1.165) is 51.4 Å². The lowest BCUT2D eigenvalue weighted by Gasteiger charge is -2.22. The van der Waals surface area contributed by atoms with Crippen LogP contribution < -0.4 is 5.32 Å². The van der Waals surface area contributed by atoms with Gasteiger partial charge in [0.2, 0.25) is 5.91 Å². The van der Waals surface area contributed by atoms with Crippen molar-refractivity contribution in [2.45, 2.75) is 206 Å². The van der Waals surface area contributed by atoms with E-state index in [-0.39, 0.29) is 12.5 Å². The number of hydrogen-bond donors (Lipinski definition) is 3. The van der Waals surface area contributed by atoms with Crippen LogP contribution in [0.4, 0.5) is 0 Å². The quantitative estimate of drug-likeness (QED) is 0.0475. The molecule has 0 spiro atoms. The molecule has 0 bridgehead atoms. The van der Waals surface area contributed by atoms with Gasteiger partial charge in [-0.05, 0) is 51.4 Å². The van der Waals surface area contributed by atoms with E-state index in [1.165, 1.54) is 116 Å². The number of nitrogens with one attached hydrogen (secondary N) is 1. The molecule has 0 aliphatic carbocycles. The molecule has 0 radical (unpaired) electrons. The number of carbonyl (C=O) groups is 1. The normalized spacial score (nSPS) is 13.6. The summed E-state index contributed by atoms with van der Waals surface area (Å²) in [4.78, 5) is 12.3. The smallest absolute Gasteiger partial charge is 0.220 e. The molecule has 4 heteroatoms. The summed E-state index contributed by atoms with van der Waals surface area (Å²) >= 11 is 0. The Morgan fingerprint density at radius 3 is 1.43 bits per heavy atom. The molecule has 0 fully saturated rings. The number of aliphatic hydroxyl groups is 2. The van der Waals surface area contributed by atoms with Crippen molar-refractivity contribution in [3.63, 3.8) is 0 Å². The number of unbranched alkanes of at least 4 members (excludes halogenated alkanes) is 20. The van der Waals surface area contributed by atoms with Crippen LogP contribution in [0.5, 0.6) is 0 Å². The Morgan fingerprint density at radius 2 is 0.957 bits per heavy atom. The van der Waals surface area contributed by atoms with E-state index >= 15 is 0 Å². The molecule has 4 nitrogen and oxygen atoms in total. The van der Waals surface area contributed by atoms with E-state index in [9.17, 15) is 15.0 Å². The highest BCUT2D eigenvalue weighted by Crippen LogP contribution is 2.15. The van der Waals surface area contributed by atoms with Crippen LogP contribution in [-0.2, 0) is 4.79 Å². The third-order valence-electron chi connectivity index (χ3n) is 8.85. The zero-order valence-electron chi connectivity index (χ0n) is 30.6. The Bertz CT molecular complexity index is 741. The average molecular weight is 644 g/mol. The third kappa shape index (κ3) is 33.7. The van der Waals surface area contributed by atoms with E-state index in [1.807, 2.05) is 0 Å². The third-order valence-corrected chi connectivity index (χ3v) is 8.85. The Labute approximate surface area is 286 Å². The zero-order chi connectivity index (χ0) is 33.6. The molecule has 268 valence electrons. The molecule has 0 aromatic heterocycles. The minimum Gasteiger partial charge on any atom is -0.394 e. The maximum atomic E-state index is 12.3. The minimum atomic E-state index is -0.660. The highest BCUT2D eigenvalue weighted by atomic mass is 16.3. The predicted octanol–water partition coefficient (Wildman–Crippen LogP) is 12.0. The average Bonchev–Trinajstić information content (AvgIpc) is 3.06. The standard InChI is InChI=1S/C42H77NO3/c1-3-5-7-9-11-13-15-16-17-18-19-20-21-22-23-24-25-26-28-30-32-34-36-38-42(46)43-40(39-44)41(45)37-35-33-31-29-27-14-12-10-8-6-4-2/h5,7,11,13,16-17,19-20,40-41,44-45H,3-4,6,8-10,12,14-15,18,21-39H2,1-2H3,(H,43,46)/b7-5-,13-11-,17-16-,20-19-. The Kier molecular flexibility index (Phi) is 36.4. The van der Waals surface area contributed by atoms with Gasteiger partial charge in [0.15, 0.2) is 0 Å². The van der Waals surface area contributed by atoms with Crippen molar-refractivity contribution < 1.29 is 15.0 Å². The van der Waals surface area contributed by atoms with Gasteiger partial charge in [-0.15, -0.1) is 0 Å². The summed E-state index contributed by atoms with van der Waals surface area (Å²) < 4.78 is 0. The molecule has 0 aliphatic heterocycles. The molecule has 1 amide bonds. The SMILES string of the molecule is CC/C=C\C/C=C\C/C=C\C/C=C\CCCCCCCCCCCCC(=O)NC(CO)C(O)CCCCCCCCCCCCC. The van der Waals surface area contributed by atoms with Crippen molar-refractivity contribution >= 4 is 5.91 Å². The molecule has 0 aromatic rings. The van der Waals surface area contributed by atoms with E-state index < -0.39 is 12.1 Å². The van der Waals surface area contributed by atoms with Gasteiger partial charge in [0.1, 0.15) is 0 Å². The van der Waals surface area contributed by atoms with Crippen LogP contribution in [0.1, 0.15) is 194 Å². The van der Waals surface area contributed by atoms with Gasteiger partial charge in [-0.25, -0.2) is 0 Å². The van der Waals surface area contributed by atoms with Crippen molar-refractivity contribution in [1.82, 2.24) is 5.32 Å². The van der Waals surface area contributed by atoms with Gasteiger partial charge in [-0.1, -0.05) is 184 Å². The van der Waals surface area contributed by atoms with Crippen LogP contribution in [-0.4, -0.2) is 34.9 Å². The van der Waals surface area contributed by atoms with Gasteiger partial charge in [-0.2, -0.15) is 0 Å². The van der Waals surface area contributed by atoms with Crippen molar-refractivity contribution in [1.29, 1.82) is 0 Å². The number of rotatable bonds is 35. The molecule has 46 heavy (non-hydrogen) atoms. The number of allylic oxidation sites excluding steroid dienone is 8. The summed E-state index contributed by atoms with van der Waals surface area (Å²) in [5.41, 5.74) is 0. The van der Waals surface area contributed by atoms with Gasteiger partial charge < -0.3 is 15.5 Å². The lowest BCUT2D eigenvalue weighted by molar-refractivity contribution is -0.123. The van der Waals surface area contributed by atoms with Gasteiger partial charge >= 0.3 is 0 Å². The summed E-state index contributed by atoms with van der Waals surface area (Å²) in [5.74, 6) is -0.0395. The molecule has 0 aromatic carbocycles. The van der Waals surface area contributed by atoms with E-state index in [4.69, 9.17) is 0 Å². The molecule has 2 atom stereocenters. The number of aliphatic hydroxyl groups excluding tert-OH is 2. The fourth-order valence-electron chi connectivity index (χ4n) is 5.82. The molecule has 0 heterocycles. The fraction of sp³-hybridized carbons (Fsp3) is 0.786. The van der Waals surface area contributed by atoms with Gasteiger partial charge in [0, 0.05) is 6.42 Å². The predicted molar refractivity (Wildman–Crippen MR) is 202 cm³/mol. The van der Waals surface area contributed by atoms with Crippen LogP contribution in [0, 0.1) is 0 Å². The summed E-state index contributed by atoms with van der Waals surface area (Å²) in [6.45, 7) is 4.23. The van der Waals surface area contributed by atoms with Crippen LogP contribution >= 0.6 is 0 Å². The Hall–Kier alpha value is -1.65. The highest BCUT2D eigenvalue weighted by molar-refractivity contribution is 5.76. The summed E-state index contributed by atoms with van der Waals surface area (Å²) in [6.07, 6.45) is 50.3. The maximum Gasteiger partial charge on any atom is 0.220 e. The van der Waals surface area contributed by atoms with Crippen LogP contribution in [0.2, 0.25) is 0 Å². The number of carbonyl (C=O) groups excluding carboxylic acids is 1. The van der Waals surface area contributed by atoms with Crippen molar-refractivity contribution in [3.05, 3.63) is 48.6 Å². The van der Waals surface area contributed by atoms with Gasteiger partial charge in [0.05, 0.1) is 18.8 Å². The molecule has 0 saturated carbocycles. The lowest BCUT2D eigenvalue weighted by atomic mass is 10.0. The molecular weight excluding hydrogens is 566 g/mol. The topological polar surface area (TPSA) is 69.6 Å². The maximum absolute atomic E-state index is 12.3. The monoisotopic (exact) mass is 644 g/mol. The number of amides is 1. The van der Waals surface area contributed by atoms with Gasteiger partial charge in [-0.3, -0.25) is 4.79 Å². The first-order valence-electron chi connectivity index (χ1n) is 19.8. The molecular formula is C42H77NO3. The summed E-state index contributed by atoms with van der Waals surface area (Å²) in [7, 11) is 0. The fourth-order valence-corrected chi connectivity index (χ4v) is 5.82. The van der Waals surface area contributed by atoms with Crippen LogP contribution in [0.3, 0.4) is 0 Å². The Morgan fingerprint density at radius 1 is 0.543 bits per heavy atom. The Balaban J connectivity index is 3.55. The summed E-state index contributed by atoms with van der Waals surface area (Å²) in [6, 6.07) is -0.537. The molecule has 0 rings (SSSR count). The second-order valence-electron chi connectivity index (χ2n) is 13.3. The molecule has 0 saturated heterocycles. The first-order valence-corrected chi connectivity index (χ1v) is 19.8. The van der Waals surface area contributed by atoms with E-state index in [2.05, 4.69) is 67.8 Å². The second kappa shape index (κ2) is 37.8. The largest absolute Gasteiger partial charge is 0.394 e. The second-order valence-corrected chi connectivity index (χ2v) is 13.3. The summed E-state index contributed by atoms with van der Waals surface area (Å²) in [5, 5.41) is 23.0. The number of hydrogen-bond acceptors (Lipinski definition) is 3. The molecule has 2 unspecified atom stereocenters. The van der Waals surface area contributed by atoms with Crippen molar-refractivity contribution in [2.75, 3.05) is 6.61 Å². The molecule has 0 aliphatic rings. The van der Waals surface area contributed by atoms with Crippen LogP contribution in [0.25, 0.3) is 0 Å². The van der Waals surface area contributed by atoms with Gasteiger partial charge in [0.25, 0.3) is 0 Å². The zero-order valence-corrected chi connectivity index (χ0v) is 30.6. The van der Waals surface area contributed by atoms with E-state index in [0.29, 0.717) is 12.8 Å². The minimum absolute atomic E-state index is 0.0395.